The Morgan fingerprint density at radius 3 is 2.67 bits per heavy atom. The molecule has 0 aromatic heterocycles. The van der Waals surface area contributed by atoms with Crippen LogP contribution >= 0.6 is 39.3 Å². The Balaban J connectivity index is 1.77. The van der Waals surface area contributed by atoms with E-state index in [0.717, 1.165) is 12.1 Å². The van der Waals surface area contributed by atoms with Crippen LogP contribution in [0.25, 0.3) is 6.08 Å². The lowest BCUT2D eigenvalue weighted by molar-refractivity contribution is -0.142. The Bertz CT molecular complexity index is 1010. The summed E-state index contributed by atoms with van der Waals surface area (Å²) in [6.45, 7) is 1.83. The third kappa shape index (κ3) is 5.65. The van der Waals surface area contributed by atoms with Crippen molar-refractivity contribution in [2.75, 3.05) is 13.7 Å². The van der Waals surface area contributed by atoms with Crippen molar-refractivity contribution in [1.29, 1.82) is 0 Å². The minimum absolute atomic E-state index is 0.234. The third-order valence-corrected chi connectivity index (χ3v) is 5.89. The van der Waals surface area contributed by atoms with Gasteiger partial charge in [0.1, 0.15) is 0 Å². The maximum atomic E-state index is 12.3. The summed E-state index contributed by atoms with van der Waals surface area (Å²) in [5, 5.41) is 3.58. The van der Waals surface area contributed by atoms with Crippen molar-refractivity contribution in [3.05, 3.63) is 61.9 Å². The van der Waals surface area contributed by atoms with Crippen molar-refractivity contribution in [1.82, 2.24) is 5.32 Å². The van der Waals surface area contributed by atoms with Crippen LogP contribution in [0.3, 0.4) is 0 Å². The van der Waals surface area contributed by atoms with Gasteiger partial charge >= 0.3 is 5.97 Å². The van der Waals surface area contributed by atoms with E-state index in [4.69, 9.17) is 16.3 Å². The van der Waals surface area contributed by atoms with Crippen LogP contribution in [0.4, 0.5) is 5.69 Å². The third-order valence-electron chi connectivity index (χ3n) is 4.11. The zero-order valence-electron chi connectivity index (χ0n) is 16.2. The maximum Gasteiger partial charge on any atom is 0.343 e. The van der Waals surface area contributed by atoms with Gasteiger partial charge in [-0.15, -0.1) is 0 Å². The molecule has 1 N–H and O–H groups in total. The summed E-state index contributed by atoms with van der Waals surface area (Å²) >= 11 is 10.9. The zero-order valence-corrected chi connectivity index (χ0v) is 19.4. The standard InChI is InChI=1S/C21H18BrClN2O4S/c1-3-12-4-6-14(7-5-12)24-21-25-20(27)17(30-21)10-13-8-15(22)19(16(23)9-13)29-11-18(26)28-2/h4-10H,3,11H2,1-2H3,(H,24,25,27). The summed E-state index contributed by atoms with van der Waals surface area (Å²) in [5.41, 5.74) is 2.70. The molecule has 2 aromatic rings. The number of halogens is 2. The highest BCUT2D eigenvalue weighted by Gasteiger charge is 2.24. The van der Waals surface area contributed by atoms with E-state index >= 15 is 0 Å². The van der Waals surface area contributed by atoms with E-state index in [1.165, 1.54) is 24.4 Å². The summed E-state index contributed by atoms with van der Waals surface area (Å²) in [4.78, 5) is 28.6. The molecule has 2 aromatic carbocycles. The van der Waals surface area contributed by atoms with Gasteiger partial charge in [-0.1, -0.05) is 30.7 Å². The minimum Gasteiger partial charge on any atom is -0.479 e. The predicted molar refractivity (Wildman–Crippen MR) is 123 cm³/mol. The molecule has 30 heavy (non-hydrogen) atoms. The van der Waals surface area contributed by atoms with E-state index in [-0.39, 0.29) is 12.5 Å². The predicted octanol–water partition coefficient (Wildman–Crippen LogP) is 5.11. The molecule has 9 heteroatoms. The number of ether oxygens (including phenoxy) is 2. The summed E-state index contributed by atoms with van der Waals surface area (Å²) in [6.07, 6.45) is 2.67. The van der Waals surface area contributed by atoms with Gasteiger partial charge < -0.3 is 14.8 Å². The number of nitrogens with zero attached hydrogens (tertiary/aromatic N) is 1. The maximum absolute atomic E-state index is 12.3. The number of aryl methyl sites for hydroxylation is 1. The molecule has 0 saturated carbocycles. The SMILES string of the molecule is CCc1ccc(N=C2NC(=O)C(=Cc3cc(Cl)c(OCC(=O)OC)c(Br)c3)S2)cc1. The van der Waals surface area contributed by atoms with Gasteiger partial charge in [0.15, 0.2) is 17.5 Å². The first-order chi connectivity index (χ1) is 14.4. The zero-order chi connectivity index (χ0) is 21.7. The van der Waals surface area contributed by atoms with Gasteiger partial charge in [0.25, 0.3) is 5.91 Å². The number of esters is 1. The number of amides is 1. The van der Waals surface area contributed by atoms with Crippen LogP contribution < -0.4 is 10.1 Å². The van der Waals surface area contributed by atoms with Crippen LogP contribution in [-0.2, 0) is 20.7 Å². The lowest BCUT2D eigenvalue weighted by Crippen LogP contribution is -2.19. The Kier molecular flexibility index (Phi) is 7.58. The molecule has 1 fully saturated rings. The number of carbonyl (C=O) groups excluding carboxylic acids is 2. The molecule has 0 atom stereocenters. The van der Waals surface area contributed by atoms with Gasteiger partial charge in [-0.05, 0) is 75.6 Å². The van der Waals surface area contributed by atoms with Crippen LogP contribution in [0.5, 0.6) is 5.75 Å². The van der Waals surface area contributed by atoms with Crippen LogP contribution in [0.15, 0.2) is 50.8 Å². The van der Waals surface area contributed by atoms with E-state index in [1.54, 1.807) is 18.2 Å². The molecule has 0 radical (unpaired) electrons. The second-order valence-electron chi connectivity index (χ2n) is 6.18. The van der Waals surface area contributed by atoms with E-state index < -0.39 is 5.97 Å². The smallest absolute Gasteiger partial charge is 0.343 e. The van der Waals surface area contributed by atoms with Crippen LogP contribution in [-0.4, -0.2) is 30.8 Å². The molecule has 1 aliphatic heterocycles. The monoisotopic (exact) mass is 508 g/mol. The van der Waals surface area contributed by atoms with Crippen molar-refractivity contribution in [3.8, 4) is 5.75 Å². The fourth-order valence-electron chi connectivity index (χ4n) is 2.55. The summed E-state index contributed by atoms with van der Waals surface area (Å²) in [5.74, 6) is -0.424. The van der Waals surface area contributed by atoms with Gasteiger partial charge in [0.05, 0.1) is 27.2 Å². The van der Waals surface area contributed by atoms with Crippen molar-refractivity contribution in [2.24, 2.45) is 4.99 Å². The number of methoxy groups -OCH3 is 1. The molecule has 1 heterocycles. The number of hydrogen-bond donors (Lipinski definition) is 1. The van der Waals surface area contributed by atoms with Crippen LogP contribution in [0.2, 0.25) is 5.02 Å². The van der Waals surface area contributed by atoms with Crippen molar-refractivity contribution in [2.45, 2.75) is 13.3 Å². The first-order valence-corrected chi connectivity index (χ1v) is 11.0. The molecule has 1 amide bonds. The minimum atomic E-state index is -0.515. The number of benzene rings is 2. The summed E-state index contributed by atoms with van der Waals surface area (Å²) < 4.78 is 10.5. The molecule has 3 rings (SSSR count). The first kappa shape index (κ1) is 22.4. The normalized spacial score (nSPS) is 16.1. The number of carbonyl (C=O) groups is 2. The molecule has 6 nitrogen and oxygen atoms in total. The van der Waals surface area contributed by atoms with Gasteiger partial charge in [-0.2, -0.15) is 0 Å². The van der Waals surface area contributed by atoms with Gasteiger partial charge in [-0.3, -0.25) is 4.79 Å². The molecule has 0 aliphatic carbocycles. The number of rotatable bonds is 6. The van der Waals surface area contributed by atoms with E-state index in [2.05, 4.69) is 37.9 Å². The average Bonchev–Trinajstić information content (AvgIpc) is 3.06. The van der Waals surface area contributed by atoms with E-state index in [1.807, 2.05) is 24.3 Å². The number of thioether (sulfide) groups is 1. The average molecular weight is 510 g/mol. The second-order valence-corrected chi connectivity index (χ2v) is 8.47. The molecule has 1 aliphatic rings. The van der Waals surface area contributed by atoms with E-state index in [0.29, 0.717) is 30.9 Å². The van der Waals surface area contributed by atoms with Gasteiger partial charge in [0, 0.05) is 0 Å². The highest BCUT2D eigenvalue weighted by Crippen LogP contribution is 2.36. The molecule has 156 valence electrons. The molecule has 0 unspecified atom stereocenters. The topological polar surface area (TPSA) is 77.0 Å². The largest absolute Gasteiger partial charge is 0.479 e. The second kappa shape index (κ2) is 10.1. The Morgan fingerprint density at radius 2 is 2.03 bits per heavy atom. The van der Waals surface area contributed by atoms with Crippen molar-refractivity contribution in [3.63, 3.8) is 0 Å². The number of aliphatic imine (C=N–C) groups is 1. The van der Waals surface area contributed by atoms with Gasteiger partial charge in [-0.25, -0.2) is 9.79 Å². The highest BCUT2D eigenvalue weighted by molar-refractivity contribution is 9.10. The lowest BCUT2D eigenvalue weighted by Gasteiger charge is -2.10. The summed E-state index contributed by atoms with van der Waals surface area (Å²) in [6, 6.07) is 11.3. The fourth-order valence-corrected chi connectivity index (χ4v) is 4.38. The van der Waals surface area contributed by atoms with Gasteiger partial charge in [0.2, 0.25) is 0 Å². The molecule has 0 bridgehead atoms. The van der Waals surface area contributed by atoms with Crippen LogP contribution in [0.1, 0.15) is 18.1 Å². The van der Waals surface area contributed by atoms with E-state index in [9.17, 15) is 9.59 Å². The van der Waals surface area contributed by atoms with Crippen molar-refractivity contribution < 1.29 is 19.1 Å². The Morgan fingerprint density at radius 1 is 1.30 bits per heavy atom. The van der Waals surface area contributed by atoms with Crippen LogP contribution in [0, 0.1) is 0 Å². The van der Waals surface area contributed by atoms with Crippen molar-refractivity contribution >= 4 is 68.1 Å². The lowest BCUT2D eigenvalue weighted by atomic mass is 10.2. The fraction of sp³-hybridized carbons (Fsp3) is 0.190. The number of hydrogen-bond acceptors (Lipinski definition) is 6. The highest BCUT2D eigenvalue weighted by atomic mass is 79.9. The first-order valence-electron chi connectivity index (χ1n) is 8.96. The molecular weight excluding hydrogens is 492 g/mol. The Labute approximate surface area is 191 Å². The Hall–Kier alpha value is -2.29. The number of amidine groups is 1. The summed E-state index contributed by atoms with van der Waals surface area (Å²) in [7, 11) is 1.28. The molecule has 1 saturated heterocycles. The molecular formula is C21H18BrClN2O4S. The number of nitrogens with one attached hydrogen (secondary N) is 1. The molecule has 0 spiro atoms. The quantitative estimate of drug-likeness (QED) is 0.433.